The molecule has 2 nitrogen and oxygen atoms in total. The van der Waals surface area contributed by atoms with Crippen molar-refractivity contribution in [2.24, 2.45) is 0 Å². The first kappa shape index (κ1) is 17.8. The zero-order valence-electron chi connectivity index (χ0n) is 11.2. The molecule has 0 atom stereocenters. The van der Waals surface area contributed by atoms with E-state index in [9.17, 15) is 13.2 Å². The van der Waals surface area contributed by atoms with E-state index in [0.29, 0.717) is 27.3 Å². The van der Waals surface area contributed by atoms with Gasteiger partial charge in [0.2, 0.25) is 0 Å². The fraction of sp³-hybridized carbons (Fsp3) is 0.538. The predicted molar refractivity (Wildman–Crippen MR) is 80.0 cm³/mol. The van der Waals surface area contributed by atoms with Crippen LogP contribution in [0.25, 0.3) is 0 Å². The van der Waals surface area contributed by atoms with Crippen molar-refractivity contribution in [1.82, 2.24) is 5.32 Å². The first-order valence-electron chi connectivity index (χ1n) is 6.10. The van der Waals surface area contributed by atoms with Gasteiger partial charge in [0.15, 0.2) is 0 Å². The third-order valence-electron chi connectivity index (χ3n) is 2.40. The highest BCUT2D eigenvalue weighted by Crippen LogP contribution is 2.35. The standard InChI is InChI=1S/C13H16Br2F3NO/c1-8(2)19-7-9-5-10(14)12(11(15)6-9)20-4-3-13(16,17)18/h5-6,8,19H,3-4,7H2,1-2H3. The van der Waals surface area contributed by atoms with Crippen LogP contribution in [-0.4, -0.2) is 18.8 Å². The van der Waals surface area contributed by atoms with E-state index in [2.05, 4.69) is 37.2 Å². The molecule has 0 unspecified atom stereocenters. The maximum absolute atomic E-state index is 12.1. The second kappa shape index (κ2) is 7.66. The SMILES string of the molecule is CC(C)NCc1cc(Br)c(OCCC(F)(F)F)c(Br)c1. The van der Waals surface area contributed by atoms with Gasteiger partial charge in [-0.25, -0.2) is 0 Å². The largest absolute Gasteiger partial charge is 0.491 e. The van der Waals surface area contributed by atoms with Crippen LogP contribution in [0.4, 0.5) is 13.2 Å². The Kier molecular flexibility index (Phi) is 6.81. The van der Waals surface area contributed by atoms with Crippen LogP contribution in [0.5, 0.6) is 5.75 Å². The Morgan fingerprint density at radius 2 is 1.75 bits per heavy atom. The molecule has 1 aromatic carbocycles. The molecular formula is C13H16Br2F3NO. The van der Waals surface area contributed by atoms with Crippen molar-refractivity contribution in [3.05, 3.63) is 26.6 Å². The molecule has 0 aliphatic carbocycles. The Morgan fingerprint density at radius 3 is 2.20 bits per heavy atom. The van der Waals surface area contributed by atoms with Crippen molar-refractivity contribution in [2.75, 3.05) is 6.61 Å². The van der Waals surface area contributed by atoms with Gasteiger partial charge in [-0.05, 0) is 49.6 Å². The molecule has 0 saturated heterocycles. The lowest BCUT2D eigenvalue weighted by Gasteiger charge is -2.14. The normalized spacial score (nSPS) is 12.0. The van der Waals surface area contributed by atoms with E-state index in [4.69, 9.17) is 4.74 Å². The Bertz CT molecular complexity index is 427. The third kappa shape index (κ3) is 6.45. The summed E-state index contributed by atoms with van der Waals surface area (Å²) in [6, 6.07) is 4.03. The van der Waals surface area contributed by atoms with Gasteiger partial charge < -0.3 is 10.1 Å². The van der Waals surface area contributed by atoms with Crippen molar-refractivity contribution in [3.63, 3.8) is 0 Å². The summed E-state index contributed by atoms with van der Waals surface area (Å²) >= 11 is 6.64. The molecule has 0 spiro atoms. The number of benzene rings is 1. The van der Waals surface area contributed by atoms with Gasteiger partial charge in [-0.1, -0.05) is 13.8 Å². The maximum atomic E-state index is 12.1. The fourth-order valence-electron chi connectivity index (χ4n) is 1.44. The Labute approximate surface area is 133 Å². The minimum atomic E-state index is -4.21. The molecule has 0 heterocycles. The van der Waals surface area contributed by atoms with Crippen LogP contribution >= 0.6 is 31.9 Å². The molecule has 114 valence electrons. The molecule has 7 heteroatoms. The van der Waals surface area contributed by atoms with E-state index in [1.54, 1.807) is 0 Å². The van der Waals surface area contributed by atoms with Crippen molar-refractivity contribution in [3.8, 4) is 5.75 Å². The zero-order valence-corrected chi connectivity index (χ0v) is 14.3. The quantitative estimate of drug-likeness (QED) is 0.698. The van der Waals surface area contributed by atoms with Crippen LogP contribution < -0.4 is 10.1 Å². The van der Waals surface area contributed by atoms with Crippen LogP contribution in [0.3, 0.4) is 0 Å². The molecule has 20 heavy (non-hydrogen) atoms. The van der Waals surface area contributed by atoms with Crippen molar-refractivity contribution >= 4 is 31.9 Å². The predicted octanol–water partition coefficient (Wildman–Crippen LogP) is 5.04. The summed E-state index contributed by atoms with van der Waals surface area (Å²) in [4.78, 5) is 0. The summed E-state index contributed by atoms with van der Waals surface area (Å²) in [5.74, 6) is 0.391. The topological polar surface area (TPSA) is 21.3 Å². The summed E-state index contributed by atoms with van der Waals surface area (Å²) in [5, 5.41) is 3.27. The molecule has 0 aliphatic rings. The monoisotopic (exact) mass is 417 g/mol. The molecular weight excluding hydrogens is 403 g/mol. The summed E-state index contributed by atoms with van der Waals surface area (Å²) < 4.78 is 42.7. The molecule has 0 bridgehead atoms. The molecule has 0 aliphatic heterocycles. The van der Waals surface area contributed by atoms with E-state index in [1.807, 2.05) is 26.0 Å². The molecule has 0 saturated carbocycles. The van der Waals surface area contributed by atoms with Crippen LogP contribution in [0.15, 0.2) is 21.1 Å². The number of nitrogens with one attached hydrogen (secondary N) is 1. The van der Waals surface area contributed by atoms with E-state index in [-0.39, 0.29) is 0 Å². The number of alkyl halides is 3. The van der Waals surface area contributed by atoms with Crippen LogP contribution in [0.2, 0.25) is 0 Å². The van der Waals surface area contributed by atoms with E-state index < -0.39 is 19.2 Å². The second-order valence-electron chi connectivity index (χ2n) is 4.64. The number of hydrogen-bond acceptors (Lipinski definition) is 2. The number of rotatable bonds is 6. The maximum Gasteiger partial charge on any atom is 0.392 e. The van der Waals surface area contributed by atoms with Gasteiger partial charge in [0.05, 0.1) is 22.0 Å². The summed E-state index contributed by atoms with van der Waals surface area (Å²) in [6.45, 7) is 4.36. The van der Waals surface area contributed by atoms with E-state index in [0.717, 1.165) is 5.56 Å². The molecule has 1 rings (SSSR count). The Morgan fingerprint density at radius 1 is 1.20 bits per heavy atom. The van der Waals surface area contributed by atoms with E-state index in [1.165, 1.54) is 0 Å². The number of halogens is 5. The van der Waals surface area contributed by atoms with Crippen molar-refractivity contribution in [2.45, 2.75) is 39.0 Å². The minimum Gasteiger partial charge on any atom is -0.491 e. The summed E-state index contributed by atoms with van der Waals surface area (Å²) in [7, 11) is 0. The first-order valence-corrected chi connectivity index (χ1v) is 7.68. The highest BCUT2D eigenvalue weighted by atomic mass is 79.9. The van der Waals surface area contributed by atoms with Crippen molar-refractivity contribution in [1.29, 1.82) is 0 Å². The first-order chi connectivity index (χ1) is 9.19. The van der Waals surface area contributed by atoms with Gasteiger partial charge in [0.25, 0.3) is 0 Å². The highest BCUT2D eigenvalue weighted by molar-refractivity contribution is 9.11. The average Bonchev–Trinajstić information content (AvgIpc) is 2.28. The molecule has 0 radical (unpaired) electrons. The van der Waals surface area contributed by atoms with Gasteiger partial charge in [0, 0.05) is 12.6 Å². The van der Waals surface area contributed by atoms with Crippen molar-refractivity contribution < 1.29 is 17.9 Å². The third-order valence-corrected chi connectivity index (χ3v) is 3.58. The van der Waals surface area contributed by atoms with Crippen LogP contribution in [-0.2, 0) is 6.54 Å². The smallest absolute Gasteiger partial charge is 0.392 e. The molecule has 0 aromatic heterocycles. The van der Waals surface area contributed by atoms with Crippen LogP contribution in [0, 0.1) is 0 Å². The van der Waals surface area contributed by atoms with E-state index >= 15 is 0 Å². The minimum absolute atomic E-state index is 0.357. The molecule has 0 amide bonds. The van der Waals surface area contributed by atoms with Gasteiger partial charge >= 0.3 is 6.18 Å². The number of hydrogen-bond donors (Lipinski definition) is 1. The van der Waals surface area contributed by atoms with Crippen LogP contribution in [0.1, 0.15) is 25.8 Å². The van der Waals surface area contributed by atoms with Gasteiger partial charge in [0.1, 0.15) is 5.75 Å². The number of ether oxygens (including phenoxy) is 1. The molecule has 0 fully saturated rings. The Balaban J connectivity index is 2.69. The summed E-state index contributed by atoms with van der Waals surface area (Å²) in [5.41, 5.74) is 1.01. The average molecular weight is 419 g/mol. The zero-order chi connectivity index (χ0) is 15.3. The second-order valence-corrected chi connectivity index (χ2v) is 6.35. The van der Waals surface area contributed by atoms with Gasteiger partial charge in [-0.3, -0.25) is 0 Å². The molecule has 1 aromatic rings. The molecule has 1 N–H and O–H groups in total. The lowest BCUT2D eigenvalue weighted by atomic mass is 10.2. The van der Waals surface area contributed by atoms with Gasteiger partial charge in [-0.15, -0.1) is 0 Å². The fourth-order valence-corrected chi connectivity index (χ4v) is 2.95. The lowest BCUT2D eigenvalue weighted by molar-refractivity contribution is -0.139. The lowest BCUT2D eigenvalue weighted by Crippen LogP contribution is -2.21. The summed E-state index contributed by atoms with van der Waals surface area (Å²) in [6.07, 6.45) is -5.18. The van der Waals surface area contributed by atoms with Gasteiger partial charge in [-0.2, -0.15) is 13.2 Å². The Hall–Kier alpha value is -0.270. The highest BCUT2D eigenvalue weighted by Gasteiger charge is 2.27.